The first kappa shape index (κ1) is 23.4. The van der Waals surface area contributed by atoms with Crippen molar-refractivity contribution >= 4 is 40.9 Å². The summed E-state index contributed by atoms with van der Waals surface area (Å²) in [5.41, 5.74) is 3.20. The zero-order valence-corrected chi connectivity index (χ0v) is 19.5. The van der Waals surface area contributed by atoms with Gasteiger partial charge in [0, 0.05) is 23.3 Å². The lowest BCUT2D eigenvalue weighted by Crippen LogP contribution is -2.39. The Balaban J connectivity index is 1.38. The molecule has 34 heavy (non-hydrogen) atoms. The van der Waals surface area contributed by atoms with Gasteiger partial charge in [0.05, 0.1) is 12.3 Å². The molecule has 0 aliphatic carbocycles. The number of rotatable bonds is 8. The summed E-state index contributed by atoms with van der Waals surface area (Å²) >= 11 is 5.89. The van der Waals surface area contributed by atoms with Crippen LogP contribution in [-0.4, -0.2) is 31.6 Å². The molecule has 0 saturated carbocycles. The van der Waals surface area contributed by atoms with E-state index in [-0.39, 0.29) is 18.4 Å². The molecule has 1 aliphatic heterocycles. The SMILES string of the molecule is Cc1cccc(OCCCN2C(=O)COc3ccc(NC(=O)/C=C/c4ccc(Cl)cc4)cc32)c1. The van der Waals surface area contributed by atoms with Gasteiger partial charge in [-0.15, -0.1) is 0 Å². The summed E-state index contributed by atoms with van der Waals surface area (Å²) in [6, 6.07) is 20.3. The van der Waals surface area contributed by atoms with Gasteiger partial charge in [0.2, 0.25) is 5.91 Å². The van der Waals surface area contributed by atoms with Crippen LogP contribution in [0.3, 0.4) is 0 Å². The van der Waals surface area contributed by atoms with E-state index in [0.717, 1.165) is 16.9 Å². The first-order chi connectivity index (χ1) is 16.5. The second-order valence-electron chi connectivity index (χ2n) is 7.91. The van der Waals surface area contributed by atoms with Crippen LogP contribution in [0, 0.1) is 6.92 Å². The van der Waals surface area contributed by atoms with Gasteiger partial charge in [0.15, 0.2) is 6.61 Å². The van der Waals surface area contributed by atoms with Gasteiger partial charge in [-0.3, -0.25) is 9.59 Å². The number of nitrogens with one attached hydrogen (secondary N) is 1. The Morgan fingerprint density at radius 2 is 1.97 bits per heavy atom. The molecule has 1 heterocycles. The third-order valence-corrected chi connectivity index (χ3v) is 5.50. The van der Waals surface area contributed by atoms with Crippen LogP contribution in [0.15, 0.2) is 72.8 Å². The van der Waals surface area contributed by atoms with Gasteiger partial charge in [-0.25, -0.2) is 0 Å². The average molecular weight is 477 g/mol. The number of benzene rings is 3. The third kappa shape index (κ3) is 6.17. The van der Waals surface area contributed by atoms with E-state index in [4.69, 9.17) is 21.1 Å². The van der Waals surface area contributed by atoms with Crippen molar-refractivity contribution in [3.05, 3.63) is 89.0 Å². The van der Waals surface area contributed by atoms with E-state index in [1.807, 2.05) is 43.3 Å². The molecule has 1 aliphatic rings. The molecule has 6 nitrogen and oxygen atoms in total. The molecule has 0 atom stereocenters. The Morgan fingerprint density at radius 1 is 1.15 bits per heavy atom. The average Bonchev–Trinajstić information content (AvgIpc) is 2.82. The quantitative estimate of drug-likeness (QED) is 0.344. The minimum absolute atomic E-state index is 0.0126. The van der Waals surface area contributed by atoms with E-state index in [0.29, 0.717) is 41.7 Å². The fraction of sp³-hybridized carbons (Fsp3) is 0.185. The number of ether oxygens (including phenoxy) is 2. The van der Waals surface area contributed by atoms with Gasteiger partial charge >= 0.3 is 0 Å². The van der Waals surface area contributed by atoms with E-state index in [9.17, 15) is 9.59 Å². The van der Waals surface area contributed by atoms with Crippen LogP contribution < -0.4 is 19.7 Å². The number of nitrogens with zero attached hydrogens (tertiary/aromatic N) is 1. The van der Waals surface area contributed by atoms with Gasteiger partial charge in [-0.05, 0) is 73.0 Å². The fourth-order valence-electron chi connectivity index (χ4n) is 3.57. The van der Waals surface area contributed by atoms with Gasteiger partial charge in [-0.2, -0.15) is 0 Å². The Labute approximate surface area is 203 Å². The van der Waals surface area contributed by atoms with Crippen molar-refractivity contribution in [1.82, 2.24) is 0 Å². The summed E-state index contributed by atoms with van der Waals surface area (Å²) < 4.78 is 11.4. The number of halogens is 1. The molecular weight excluding hydrogens is 452 g/mol. The van der Waals surface area contributed by atoms with Crippen LogP contribution in [-0.2, 0) is 9.59 Å². The van der Waals surface area contributed by atoms with E-state index >= 15 is 0 Å². The largest absolute Gasteiger partial charge is 0.494 e. The highest BCUT2D eigenvalue weighted by Crippen LogP contribution is 2.34. The number of hydrogen-bond donors (Lipinski definition) is 1. The maximum atomic E-state index is 12.5. The molecule has 0 bridgehead atoms. The van der Waals surface area contributed by atoms with Crippen LogP contribution in [0.25, 0.3) is 6.08 Å². The molecule has 2 amide bonds. The fourth-order valence-corrected chi connectivity index (χ4v) is 3.70. The highest BCUT2D eigenvalue weighted by molar-refractivity contribution is 6.30. The molecule has 0 saturated heterocycles. The zero-order chi connectivity index (χ0) is 23.9. The summed E-state index contributed by atoms with van der Waals surface area (Å²) in [5, 5.41) is 3.47. The molecule has 4 rings (SSSR count). The molecule has 3 aromatic carbocycles. The van der Waals surface area contributed by atoms with Crippen molar-refractivity contribution in [1.29, 1.82) is 0 Å². The standard InChI is InChI=1S/C27H25ClN2O4/c1-19-4-2-5-23(16-19)33-15-3-14-30-24-17-22(11-12-25(24)34-18-27(30)32)29-26(31)13-8-20-6-9-21(28)10-7-20/h2,4-13,16-17H,3,14-15,18H2,1H3,(H,29,31)/b13-8+. The summed E-state index contributed by atoms with van der Waals surface area (Å²) in [6.45, 7) is 2.96. The van der Waals surface area contributed by atoms with E-state index in [1.54, 1.807) is 41.3 Å². The second kappa shape index (κ2) is 10.9. The van der Waals surface area contributed by atoms with Crippen molar-refractivity contribution in [2.24, 2.45) is 0 Å². The van der Waals surface area contributed by atoms with E-state index in [1.165, 1.54) is 6.08 Å². The maximum absolute atomic E-state index is 12.5. The highest BCUT2D eigenvalue weighted by atomic mass is 35.5. The molecule has 0 unspecified atom stereocenters. The minimum Gasteiger partial charge on any atom is -0.494 e. The summed E-state index contributed by atoms with van der Waals surface area (Å²) in [5.74, 6) is 1.00. The molecule has 174 valence electrons. The van der Waals surface area contributed by atoms with Crippen LogP contribution in [0.4, 0.5) is 11.4 Å². The Morgan fingerprint density at radius 3 is 2.76 bits per heavy atom. The Kier molecular flexibility index (Phi) is 7.50. The molecule has 3 aromatic rings. The van der Waals surface area contributed by atoms with Crippen LogP contribution in [0.1, 0.15) is 17.5 Å². The number of anilines is 2. The predicted molar refractivity (Wildman–Crippen MR) is 135 cm³/mol. The summed E-state index contributed by atoms with van der Waals surface area (Å²) in [6.07, 6.45) is 3.81. The molecule has 0 fully saturated rings. The van der Waals surface area contributed by atoms with E-state index in [2.05, 4.69) is 5.32 Å². The highest BCUT2D eigenvalue weighted by Gasteiger charge is 2.25. The second-order valence-corrected chi connectivity index (χ2v) is 8.35. The van der Waals surface area contributed by atoms with Crippen LogP contribution in [0.2, 0.25) is 5.02 Å². The molecule has 0 radical (unpaired) electrons. The van der Waals surface area contributed by atoms with Crippen molar-refractivity contribution in [3.8, 4) is 11.5 Å². The number of hydrogen-bond acceptors (Lipinski definition) is 4. The normalized spacial score (nSPS) is 12.9. The topological polar surface area (TPSA) is 67.9 Å². The number of aryl methyl sites for hydroxylation is 1. The molecular formula is C27H25ClN2O4. The smallest absolute Gasteiger partial charge is 0.265 e. The molecule has 0 spiro atoms. The first-order valence-corrected chi connectivity index (χ1v) is 11.4. The monoisotopic (exact) mass is 476 g/mol. The summed E-state index contributed by atoms with van der Waals surface area (Å²) in [4.78, 5) is 26.6. The zero-order valence-electron chi connectivity index (χ0n) is 18.8. The van der Waals surface area contributed by atoms with Crippen molar-refractivity contribution in [3.63, 3.8) is 0 Å². The van der Waals surface area contributed by atoms with Gasteiger partial charge in [-0.1, -0.05) is 35.9 Å². The number of carbonyl (C=O) groups excluding carboxylic acids is 2. The number of amides is 2. The Bertz CT molecular complexity index is 1210. The van der Waals surface area contributed by atoms with Crippen molar-refractivity contribution < 1.29 is 19.1 Å². The summed E-state index contributed by atoms with van der Waals surface area (Å²) in [7, 11) is 0. The minimum atomic E-state index is -0.281. The van der Waals surface area contributed by atoms with Gasteiger partial charge in [0.1, 0.15) is 11.5 Å². The van der Waals surface area contributed by atoms with Crippen LogP contribution >= 0.6 is 11.6 Å². The third-order valence-electron chi connectivity index (χ3n) is 5.25. The maximum Gasteiger partial charge on any atom is 0.265 e. The molecule has 1 N–H and O–H groups in total. The van der Waals surface area contributed by atoms with Crippen LogP contribution in [0.5, 0.6) is 11.5 Å². The number of carbonyl (C=O) groups is 2. The number of fused-ring (bicyclic) bond motifs is 1. The van der Waals surface area contributed by atoms with Gasteiger partial charge < -0.3 is 19.7 Å². The lowest BCUT2D eigenvalue weighted by molar-refractivity contribution is -0.121. The van der Waals surface area contributed by atoms with Crippen molar-refractivity contribution in [2.45, 2.75) is 13.3 Å². The Hall–Kier alpha value is -3.77. The first-order valence-electron chi connectivity index (χ1n) is 11.0. The predicted octanol–water partition coefficient (Wildman–Crippen LogP) is 5.49. The van der Waals surface area contributed by atoms with Crippen molar-refractivity contribution in [2.75, 3.05) is 30.0 Å². The lowest BCUT2D eigenvalue weighted by atomic mass is 10.2. The van der Waals surface area contributed by atoms with E-state index < -0.39 is 0 Å². The molecule has 7 heteroatoms. The molecule has 0 aromatic heterocycles. The lowest BCUT2D eigenvalue weighted by Gasteiger charge is -2.29. The van der Waals surface area contributed by atoms with Gasteiger partial charge in [0.25, 0.3) is 5.91 Å².